The standard InChI is InChI=1S/C17H15ClN4O2/c18-16-15(21-19)10-20-22(17(16)23)11-12-5-4-8-14(9-12)24-13-6-2-1-3-7-13/h1-10,21H,11,19H2. The Morgan fingerprint density at radius 1 is 1.12 bits per heavy atom. The number of para-hydroxylation sites is 1. The maximum Gasteiger partial charge on any atom is 0.288 e. The van der Waals surface area contributed by atoms with Gasteiger partial charge < -0.3 is 10.2 Å². The lowest BCUT2D eigenvalue weighted by Gasteiger charge is -2.10. The van der Waals surface area contributed by atoms with E-state index in [2.05, 4.69) is 10.5 Å². The topological polar surface area (TPSA) is 82.2 Å². The first-order valence-corrected chi connectivity index (χ1v) is 7.59. The zero-order chi connectivity index (χ0) is 16.9. The molecule has 0 radical (unpaired) electrons. The van der Waals surface area contributed by atoms with Crippen LogP contribution < -0.4 is 21.6 Å². The Bertz CT molecular complexity index is 897. The summed E-state index contributed by atoms with van der Waals surface area (Å²) in [6.07, 6.45) is 1.41. The number of ether oxygens (including phenoxy) is 1. The molecule has 122 valence electrons. The van der Waals surface area contributed by atoms with Crippen molar-refractivity contribution in [3.63, 3.8) is 0 Å². The van der Waals surface area contributed by atoms with Crippen molar-refractivity contribution >= 4 is 17.3 Å². The first-order valence-electron chi connectivity index (χ1n) is 7.21. The van der Waals surface area contributed by atoms with Gasteiger partial charge in [-0.15, -0.1) is 0 Å². The highest BCUT2D eigenvalue weighted by Gasteiger charge is 2.09. The Balaban J connectivity index is 1.83. The van der Waals surface area contributed by atoms with E-state index in [-0.39, 0.29) is 11.6 Å². The summed E-state index contributed by atoms with van der Waals surface area (Å²) < 4.78 is 7.06. The first kappa shape index (κ1) is 16.0. The second-order valence-electron chi connectivity index (χ2n) is 5.04. The van der Waals surface area contributed by atoms with E-state index < -0.39 is 5.56 Å². The fourth-order valence-electron chi connectivity index (χ4n) is 2.18. The molecule has 1 aromatic heterocycles. The van der Waals surface area contributed by atoms with Crippen LogP contribution in [0.25, 0.3) is 0 Å². The highest BCUT2D eigenvalue weighted by molar-refractivity contribution is 6.32. The predicted molar refractivity (Wildman–Crippen MR) is 93.4 cm³/mol. The second-order valence-corrected chi connectivity index (χ2v) is 5.42. The lowest BCUT2D eigenvalue weighted by Crippen LogP contribution is -2.25. The van der Waals surface area contributed by atoms with Crippen molar-refractivity contribution in [2.75, 3.05) is 5.43 Å². The third-order valence-electron chi connectivity index (χ3n) is 3.35. The summed E-state index contributed by atoms with van der Waals surface area (Å²) in [6, 6.07) is 16.9. The maximum atomic E-state index is 12.2. The van der Waals surface area contributed by atoms with Crippen LogP contribution in [0.2, 0.25) is 5.02 Å². The minimum Gasteiger partial charge on any atom is -0.457 e. The molecule has 0 amide bonds. The number of rotatable bonds is 5. The third kappa shape index (κ3) is 3.56. The van der Waals surface area contributed by atoms with Crippen molar-refractivity contribution in [2.45, 2.75) is 6.54 Å². The number of hydrogen-bond acceptors (Lipinski definition) is 5. The molecule has 6 nitrogen and oxygen atoms in total. The maximum absolute atomic E-state index is 12.2. The molecule has 0 atom stereocenters. The number of anilines is 1. The monoisotopic (exact) mass is 342 g/mol. The molecule has 0 aliphatic carbocycles. The van der Waals surface area contributed by atoms with Gasteiger partial charge in [0.1, 0.15) is 16.5 Å². The summed E-state index contributed by atoms with van der Waals surface area (Å²) >= 11 is 5.96. The highest BCUT2D eigenvalue weighted by Crippen LogP contribution is 2.22. The molecule has 0 aliphatic rings. The number of benzene rings is 2. The molecule has 0 bridgehead atoms. The molecule has 0 aliphatic heterocycles. The smallest absolute Gasteiger partial charge is 0.288 e. The van der Waals surface area contributed by atoms with Gasteiger partial charge in [-0.25, -0.2) is 4.68 Å². The Morgan fingerprint density at radius 2 is 1.88 bits per heavy atom. The average molecular weight is 343 g/mol. The van der Waals surface area contributed by atoms with E-state index in [9.17, 15) is 4.79 Å². The number of halogens is 1. The molecular formula is C17H15ClN4O2. The molecule has 24 heavy (non-hydrogen) atoms. The van der Waals surface area contributed by atoms with Crippen LogP contribution in [-0.4, -0.2) is 9.78 Å². The van der Waals surface area contributed by atoms with Gasteiger partial charge in [-0.1, -0.05) is 41.9 Å². The lowest BCUT2D eigenvalue weighted by molar-refractivity contribution is 0.481. The van der Waals surface area contributed by atoms with Gasteiger partial charge in [0.15, 0.2) is 0 Å². The molecular weight excluding hydrogens is 328 g/mol. The van der Waals surface area contributed by atoms with Gasteiger partial charge >= 0.3 is 0 Å². The van der Waals surface area contributed by atoms with Crippen molar-refractivity contribution in [2.24, 2.45) is 5.84 Å². The van der Waals surface area contributed by atoms with Crippen molar-refractivity contribution in [3.05, 3.63) is 81.7 Å². The van der Waals surface area contributed by atoms with Crippen LogP contribution in [0.15, 0.2) is 65.6 Å². The van der Waals surface area contributed by atoms with Crippen LogP contribution in [0.1, 0.15) is 5.56 Å². The van der Waals surface area contributed by atoms with E-state index in [1.165, 1.54) is 10.9 Å². The van der Waals surface area contributed by atoms with E-state index in [1.54, 1.807) is 0 Å². The van der Waals surface area contributed by atoms with Gasteiger partial charge in [-0.05, 0) is 29.8 Å². The zero-order valence-corrected chi connectivity index (χ0v) is 13.4. The summed E-state index contributed by atoms with van der Waals surface area (Å²) in [5.74, 6) is 6.70. The van der Waals surface area contributed by atoms with Crippen LogP contribution >= 0.6 is 11.6 Å². The molecule has 0 unspecified atom stereocenters. The summed E-state index contributed by atoms with van der Waals surface area (Å²) in [7, 11) is 0. The molecule has 3 N–H and O–H groups in total. The lowest BCUT2D eigenvalue weighted by atomic mass is 10.2. The van der Waals surface area contributed by atoms with Gasteiger partial charge in [0.25, 0.3) is 5.56 Å². The Hall–Kier alpha value is -2.83. The number of hydrazine groups is 1. The summed E-state index contributed by atoms with van der Waals surface area (Å²) in [6.45, 7) is 0.273. The number of hydrogen-bond donors (Lipinski definition) is 2. The van der Waals surface area contributed by atoms with E-state index in [0.717, 1.165) is 11.3 Å². The number of nitrogens with two attached hydrogens (primary N) is 1. The average Bonchev–Trinajstić information content (AvgIpc) is 2.60. The number of aromatic nitrogens is 2. The molecule has 0 saturated carbocycles. The molecule has 2 aromatic carbocycles. The van der Waals surface area contributed by atoms with Gasteiger partial charge in [0, 0.05) is 0 Å². The minimum atomic E-state index is -0.415. The largest absolute Gasteiger partial charge is 0.457 e. The molecule has 0 spiro atoms. The second kappa shape index (κ2) is 7.16. The normalized spacial score (nSPS) is 10.4. The van der Waals surface area contributed by atoms with Crippen LogP contribution in [-0.2, 0) is 6.54 Å². The van der Waals surface area contributed by atoms with E-state index in [0.29, 0.717) is 11.4 Å². The number of nitrogens with one attached hydrogen (secondary N) is 1. The van der Waals surface area contributed by atoms with E-state index >= 15 is 0 Å². The van der Waals surface area contributed by atoms with Gasteiger partial charge in [0.2, 0.25) is 0 Å². The van der Waals surface area contributed by atoms with Crippen molar-refractivity contribution < 1.29 is 4.74 Å². The molecule has 3 aromatic rings. The summed E-state index contributed by atoms with van der Waals surface area (Å²) in [5.41, 5.74) is 3.07. The molecule has 1 heterocycles. The van der Waals surface area contributed by atoms with Crippen molar-refractivity contribution in [1.29, 1.82) is 0 Å². The molecule has 3 rings (SSSR count). The van der Waals surface area contributed by atoms with Crippen molar-refractivity contribution in [1.82, 2.24) is 9.78 Å². The van der Waals surface area contributed by atoms with Crippen LogP contribution in [0.3, 0.4) is 0 Å². The summed E-state index contributed by atoms with van der Waals surface area (Å²) in [4.78, 5) is 12.2. The summed E-state index contributed by atoms with van der Waals surface area (Å²) in [5, 5.41) is 4.06. The molecule has 0 saturated heterocycles. The Labute approximate surface area is 143 Å². The van der Waals surface area contributed by atoms with Gasteiger partial charge in [-0.3, -0.25) is 10.6 Å². The predicted octanol–water partition coefficient (Wildman–Crippen LogP) is 3.02. The quantitative estimate of drug-likeness (QED) is 0.550. The first-order chi connectivity index (χ1) is 11.7. The fourth-order valence-corrected chi connectivity index (χ4v) is 2.38. The number of nitrogens with zero attached hydrogens (tertiary/aromatic N) is 2. The van der Waals surface area contributed by atoms with Crippen LogP contribution in [0.4, 0.5) is 5.69 Å². The van der Waals surface area contributed by atoms with Gasteiger partial charge in [0.05, 0.1) is 18.4 Å². The fraction of sp³-hybridized carbons (Fsp3) is 0.0588. The molecule has 7 heteroatoms. The van der Waals surface area contributed by atoms with Crippen molar-refractivity contribution in [3.8, 4) is 11.5 Å². The van der Waals surface area contributed by atoms with Crippen LogP contribution in [0.5, 0.6) is 11.5 Å². The Kier molecular flexibility index (Phi) is 4.79. The number of nitrogen functional groups attached to an aromatic ring is 1. The SMILES string of the molecule is NNc1cnn(Cc2cccc(Oc3ccccc3)c2)c(=O)c1Cl. The highest BCUT2D eigenvalue weighted by atomic mass is 35.5. The van der Waals surface area contributed by atoms with Gasteiger partial charge in [-0.2, -0.15) is 5.10 Å². The Morgan fingerprint density at radius 3 is 2.62 bits per heavy atom. The zero-order valence-electron chi connectivity index (χ0n) is 12.6. The minimum absolute atomic E-state index is 0.00388. The molecule has 0 fully saturated rings. The van der Waals surface area contributed by atoms with E-state index in [4.69, 9.17) is 22.2 Å². The third-order valence-corrected chi connectivity index (χ3v) is 3.72. The van der Waals surface area contributed by atoms with E-state index in [1.807, 2.05) is 54.6 Å². The van der Waals surface area contributed by atoms with Crippen LogP contribution in [0, 0.1) is 0 Å².